The Morgan fingerprint density at radius 1 is 1.21 bits per heavy atom. The van der Waals surface area contributed by atoms with Crippen LogP contribution in [0.2, 0.25) is 0 Å². The molecule has 0 saturated carbocycles. The van der Waals surface area contributed by atoms with Crippen molar-refractivity contribution in [2.24, 2.45) is 5.84 Å². The monoisotopic (exact) mass is 206 g/mol. The number of rotatable bonds is 9. The number of hydrogen-bond acceptors (Lipinski definition) is 6. The van der Waals surface area contributed by atoms with E-state index in [1.54, 1.807) is 5.59 Å². The summed E-state index contributed by atoms with van der Waals surface area (Å²) in [5, 5.41) is 0. The normalized spacial score (nSPS) is 10.1. The van der Waals surface area contributed by atoms with E-state index in [4.69, 9.17) is 15.3 Å². The van der Waals surface area contributed by atoms with Gasteiger partial charge in [0.25, 0.3) is 0 Å². The SMILES string of the molecule is CCCOCCOCCC(=O)ONN. The molecule has 0 aromatic rings. The summed E-state index contributed by atoms with van der Waals surface area (Å²) in [5.41, 5.74) is 1.81. The first-order valence-electron chi connectivity index (χ1n) is 4.62. The van der Waals surface area contributed by atoms with Crippen LogP contribution in [-0.2, 0) is 19.1 Å². The molecule has 0 heterocycles. The molecule has 0 radical (unpaired) electrons. The first-order chi connectivity index (χ1) is 6.81. The maximum absolute atomic E-state index is 10.7. The highest BCUT2D eigenvalue weighted by Gasteiger charge is 2.00. The molecule has 0 amide bonds. The fraction of sp³-hybridized carbons (Fsp3) is 0.875. The lowest BCUT2D eigenvalue weighted by Crippen LogP contribution is -2.26. The number of ether oxygens (including phenoxy) is 2. The van der Waals surface area contributed by atoms with Crippen molar-refractivity contribution in [3.05, 3.63) is 0 Å². The Hall–Kier alpha value is -0.690. The van der Waals surface area contributed by atoms with Gasteiger partial charge < -0.3 is 14.3 Å². The van der Waals surface area contributed by atoms with Crippen LogP contribution < -0.4 is 11.4 Å². The van der Waals surface area contributed by atoms with Gasteiger partial charge in [0, 0.05) is 6.61 Å². The van der Waals surface area contributed by atoms with Crippen LogP contribution in [0, 0.1) is 0 Å². The predicted molar refractivity (Wildman–Crippen MR) is 50.0 cm³/mol. The molecule has 84 valence electrons. The minimum Gasteiger partial charge on any atom is -0.379 e. The molecule has 0 spiro atoms. The molecule has 0 fully saturated rings. The molecule has 0 aliphatic rings. The van der Waals surface area contributed by atoms with Gasteiger partial charge in [-0.15, -0.1) is 0 Å². The molecule has 0 bridgehead atoms. The summed E-state index contributed by atoms with van der Waals surface area (Å²) in [4.78, 5) is 15.0. The Morgan fingerprint density at radius 2 is 1.86 bits per heavy atom. The fourth-order valence-corrected chi connectivity index (χ4v) is 0.739. The molecule has 0 rings (SSSR count). The molecule has 0 aliphatic heterocycles. The largest absolute Gasteiger partial charge is 0.379 e. The van der Waals surface area contributed by atoms with Crippen LogP contribution in [0.25, 0.3) is 0 Å². The average Bonchev–Trinajstić information content (AvgIpc) is 2.17. The molecule has 0 saturated heterocycles. The molecular formula is C8H18N2O4. The van der Waals surface area contributed by atoms with Crippen molar-refractivity contribution in [2.45, 2.75) is 19.8 Å². The molecule has 3 N–H and O–H groups in total. The van der Waals surface area contributed by atoms with Crippen molar-refractivity contribution in [3.63, 3.8) is 0 Å². The third-order valence-electron chi connectivity index (χ3n) is 1.34. The van der Waals surface area contributed by atoms with Gasteiger partial charge in [-0.3, -0.25) is 4.79 Å². The lowest BCUT2D eigenvalue weighted by atomic mass is 10.5. The van der Waals surface area contributed by atoms with Crippen molar-refractivity contribution >= 4 is 5.97 Å². The standard InChI is InChI=1S/C8H18N2O4/c1-2-4-12-6-7-13-5-3-8(11)14-10-9/h10H,2-7,9H2,1H3. The Bertz CT molecular complexity index is 143. The number of nitrogens with one attached hydrogen (secondary N) is 1. The highest BCUT2D eigenvalue weighted by Crippen LogP contribution is 1.87. The number of carbonyl (C=O) groups excluding carboxylic acids is 1. The molecule has 0 aromatic carbocycles. The van der Waals surface area contributed by atoms with Crippen LogP contribution in [0.1, 0.15) is 19.8 Å². The van der Waals surface area contributed by atoms with Gasteiger partial charge in [0.2, 0.25) is 0 Å². The zero-order chi connectivity index (χ0) is 10.6. The van der Waals surface area contributed by atoms with Crippen LogP contribution in [0.3, 0.4) is 0 Å². The summed E-state index contributed by atoms with van der Waals surface area (Å²) in [7, 11) is 0. The molecule has 0 aromatic heterocycles. The third kappa shape index (κ3) is 9.40. The number of nitrogens with two attached hydrogens (primary N) is 1. The lowest BCUT2D eigenvalue weighted by molar-refractivity contribution is -0.152. The lowest BCUT2D eigenvalue weighted by Gasteiger charge is -2.04. The molecule has 6 heteroatoms. The van der Waals surface area contributed by atoms with Gasteiger partial charge in [0.15, 0.2) is 0 Å². The van der Waals surface area contributed by atoms with E-state index in [2.05, 4.69) is 4.84 Å². The highest BCUT2D eigenvalue weighted by molar-refractivity contribution is 5.69. The Labute approximate surface area is 83.6 Å². The average molecular weight is 206 g/mol. The number of hydrazine groups is 1. The van der Waals surface area contributed by atoms with Gasteiger partial charge in [-0.1, -0.05) is 12.5 Å². The summed E-state index contributed by atoms with van der Waals surface area (Å²) in [5.74, 6) is 4.32. The van der Waals surface area contributed by atoms with E-state index in [0.717, 1.165) is 13.0 Å². The second-order valence-corrected chi connectivity index (χ2v) is 2.57. The third-order valence-corrected chi connectivity index (χ3v) is 1.34. The summed E-state index contributed by atoms with van der Waals surface area (Å²) in [6.45, 7) is 4.14. The summed E-state index contributed by atoms with van der Waals surface area (Å²) in [6, 6.07) is 0. The smallest absolute Gasteiger partial charge is 0.328 e. The molecule has 0 aliphatic carbocycles. The fourth-order valence-electron chi connectivity index (χ4n) is 0.739. The quantitative estimate of drug-likeness (QED) is 0.307. The van der Waals surface area contributed by atoms with E-state index in [0.29, 0.717) is 19.8 Å². The number of hydrogen-bond donors (Lipinski definition) is 2. The zero-order valence-electron chi connectivity index (χ0n) is 8.45. The Kier molecular flexibility index (Phi) is 9.88. The van der Waals surface area contributed by atoms with E-state index in [9.17, 15) is 4.79 Å². The Balaban J connectivity index is 3.01. The maximum atomic E-state index is 10.7. The second-order valence-electron chi connectivity index (χ2n) is 2.57. The first-order valence-corrected chi connectivity index (χ1v) is 4.62. The second kappa shape index (κ2) is 10.4. The van der Waals surface area contributed by atoms with Gasteiger partial charge in [0.05, 0.1) is 26.2 Å². The van der Waals surface area contributed by atoms with Gasteiger partial charge in [0.1, 0.15) is 0 Å². The van der Waals surface area contributed by atoms with Crippen molar-refractivity contribution in [3.8, 4) is 0 Å². The van der Waals surface area contributed by atoms with Crippen molar-refractivity contribution < 1.29 is 19.1 Å². The summed E-state index contributed by atoms with van der Waals surface area (Å²) in [6.07, 6.45) is 1.17. The van der Waals surface area contributed by atoms with Gasteiger partial charge >= 0.3 is 5.97 Å². The number of carbonyl (C=O) groups is 1. The first kappa shape index (κ1) is 13.3. The van der Waals surface area contributed by atoms with Crippen LogP contribution >= 0.6 is 0 Å². The van der Waals surface area contributed by atoms with E-state index in [1.165, 1.54) is 0 Å². The van der Waals surface area contributed by atoms with Crippen LogP contribution in [0.15, 0.2) is 0 Å². The minimum atomic E-state index is -0.443. The van der Waals surface area contributed by atoms with Crippen molar-refractivity contribution in [1.82, 2.24) is 5.59 Å². The molecule has 14 heavy (non-hydrogen) atoms. The van der Waals surface area contributed by atoms with E-state index in [1.807, 2.05) is 6.92 Å². The van der Waals surface area contributed by atoms with E-state index >= 15 is 0 Å². The maximum Gasteiger partial charge on any atom is 0.328 e. The zero-order valence-corrected chi connectivity index (χ0v) is 8.45. The van der Waals surface area contributed by atoms with Crippen LogP contribution in [-0.4, -0.2) is 32.4 Å². The van der Waals surface area contributed by atoms with Gasteiger partial charge in [-0.25, -0.2) is 5.84 Å². The van der Waals surface area contributed by atoms with E-state index < -0.39 is 5.97 Å². The Morgan fingerprint density at radius 3 is 2.43 bits per heavy atom. The molecular weight excluding hydrogens is 188 g/mol. The summed E-state index contributed by atoms with van der Waals surface area (Å²) < 4.78 is 10.3. The topological polar surface area (TPSA) is 82.8 Å². The molecule has 6 nitrogen and oxygen atoms in total. The molecule has 0 unspecified atom stereocenters. The summed E-state index contributed by atoms with van der Waals surface area (Å²) >= 11 is 0. The van der Waals surface area contributed by atoms with E-state index in [-0.39, 0.29) is 6.42 Å². The van der Waals surface area contributed by atoms with Crippen molar-refractivity contribution in [2.75, 3.05) is 26.4 Å². The van der Waals surface area contributed by atoms with Crippen LogP contribution in [0.5, 0.6) is 0 Å². The van der Waals surface area contributed by atoms with Crippen molar-refractivity contribution in [1.29, 1.82) is 0 Å². The minimum absolute atomic E-state index is 0.179. The molecule has 0 atom stereocenters. The van der Waals surface area contributed by atoms with Gasteiger partial charge in [-0.05, 0) is 6.42 Å². The highest BCUT2D eigenvalue weighted by atomic mass is 16.7. The predicted octanol–water partition coefficient (Wildman–Crippen LogP) is -0.259. The van der Waals surface area contributed by atoms with Gasteiger partial charge in [-0.2, -0.15) is 0 Å². The van der Waals surface area contributed by atoms with Crippen LogP contribution in [0.4, 0.5) is 0 Å².